The minimum atomic E-state index is -6.93. The number of aromatic hydroxyl groups is 1. The topological polar surface area (TPSA) is 332 Å². The van der Waals surface area contributed by atoms with Crippen LogP contribution in [-0.4, -0.2) is 125 Å². The van der Waals surface area contributed by atoms with Gasteiger partial charge in [0.2, 0.25) is 0 Å². The second kappa shape index (κ2) is 28.7. The van der Waals surface area contributed by atoms with E-state index in [1.165, 1.54) is 42.5 Å². The van der Waals surface area contributed by atoms with Crippen molar-refractivity contribution >= 4 is 77.5 Å². The predicted octanol–water partition coefficient (Wildman–Crippen LogP) is 9.86. The van der Waals surface area contributed by atoms with E-state index in [0.717, 1.165) is 24.3 Å². The van der Waals surface area contributed by atoms with E-state index in [1.807, 2.05) is 0 Å². The number of hydrogen-bond acceptors (Lipinski definition) is 22. The number of carbonyl (C=O) groups excluding carboxylic acids is 3. The van der Waals surface area contributed by atoms with Gasteiger partial charge in [0.05, 0.1) is 18.3 Å². The molecule has 0 amide bonds. The number of sulfone groups is 6. The molecule has 86 heavy (non-hydrogen) atoms. The molecule has 0 saturated heterocycles. The number of benzene rings is 3. The van der Waals surface area contributed by atoms with Crippen LogP contribution in [0.2, 0.25) is 0 Å². The Morgan fingerprint density at radius 3 is 0.872 bits per heavy atom. The Labute approximate surface area is 472 Å². The van der Waals surface area contributed by atoms with Gasteiger partial charge in [-0.3, -0.25) is 50.5 Å². The Kier molecular flexibility index (Phi) is 25.9. The molecule has 0 aliphatic carbocycles. The highest BCUT2D eigenvalue weighted by molar-refractivity contribution is 8.14. The molecular formula is C40H35F18O22S6-3. The van der Waals surface area contributed by atoms with Crippen LogP contribution in [0.1, 0.15) is 45.6 Å². The molecule has 0 heterocycles. The monoisotopic (exact) mass is 1400 g/mol. The molecule has 46 heteroatoms. The zero-order valence-electron chi connectivity index (χ0n) is 41.9. The first-order chi connectivity index (χ1) is 38.4. The number of carbonyl (C=O) groups is 3. The molecule has 0 aliphatic rings. The Morgan fingerprint density at radius 1 is 0.384 bits per heavy atom. The summed E-state index contributed by atoms with van der Waals surface area (Å²) in [6.45, 7) is 1.66. The largest absolute Gasteiger partial charge is 0.514 e. The molecule has 0 radical (unpaired) electrons. The van der Waals surface area contributed by atoms with Crippen molar-refractivity contribution < 1.29 is 177 Å². The van der Waals surface area contributed by atoms with E-state index in [2.05, 4.69) is 28.4 Å². The first-order valence-electron chi connectivity index (χ1n) is 21.3. The van der Waals surface area contributed by atoms with E-state index in [-0.39, 0.29) is 23.9 Å². The molecular weight excluding hydrogens is 1370 g/mol. The van der Waals surface area contributed by atoms with Crippen molar-refractivity contribution in [3.8, 4) is 17.2 Å². The zero-order valence-corrected chi connectivity index (χ0v) is 46.8. The summed E-state index contributed by atoms with van der Waals surface area (Å²) in [4.78, 5) is 34.5. The van der Waals surface area contributed by atoms with Crippen LogP contribution in [0.5, 0.6) is 17.2 Å². The lowest BCUT2D eigenvalue weighted by atomic mass is 10.2. The highest BCUT2D eigenvalue weighted by atomic mass is 32.3. The maximum atomic E-state index is 12.7. The van der Waals surface area contributed by atoms with Crippen molar-refractivity contribution in [3.05, 3.63) is 104 Å². The number of para-hydroxylation sites is 1. The van der Waals surface area contributed by atoms with E-state index < -0.39 is 162 Å². The van der Waals surface area contributed by atoms with Crippen molar-refractivity contribution in [2.75, 3.05) is 0 Å². The minimum Gasteiger partial charge on any atom is -0.508 e. The average molecular weight is 1400 g/mol. The second-order valence-electron chi connectivity index (χ2n) is 15.7. The molecule has 0 saturated carbocycles. The van der Waals surface area contributed by atoms with Crippen LogP contribution in [0, 0.1) is 13.7 Å². The van der Waals surface area contributed by atoms with Gasteiger partial charge >= 0.3 is 51.5 Å². The van der Waals surface area contributed by atoms with Gasteiger partial charge in [-0.15, -0.1) is 19.3 Å². The number of phenolic OH excluding ortho intramolecular Hbond substituents is 1. The third kappa shape index (κ3) is 21.2. The van der Waals surface area contributed by atoms with Crippen LogP contribution in [0.15, 0.2) is 84.9 Å². The summed E-state index contributed by atoms with van der Waals surface area (Å²) in [6.07, 6.45) is -16.7. The summed E-state index contributed by atoms with van der Waals surface area (Å²) in [6, 6.07) is 18.9. The van der Waals surface area contributed by atoms with Gasteiger partial charge < -0.3 is 33.5 Å². The molecule has 0 spiro atoms. The number of halogens is 18. The van der Waals surface area contributed by atoms with Gasteiger partial charge in [-0.05, 0) is 62.7 Å². The van der Waals surface area contributed by atoms with Gasteiger partial charge in [0.1, 0.15) is 82.9 Å². The fourth-order valence-corrected chi connectivity index (χ4v) is 14.6. The van der Waals surface area contributed by atoms with Crippen molar-refractivity contribution in [2.45, 2.75) is 98.0 Å². The fourth-order valence-electron chi connectivity index (χ4n) is 5.18. The maximum Gasteiger partial charge on any atom is 0.514 e. The highest BCUT2D eigenvalue weighted by Crippen LogP contribution is 2.46. The fraction of sp³-hybridized carbons (Fsp3) is 0.400. The van der Waals surface area contributed by atoms with Crippen LogP contribution in [0.4, 0.5) is 93.4 Å². The molecule has 22 nitrogen and oxygen atoms in total. The van der Waals surface area contributed by atoms with Gasteiger partial charge in [-0.25, -0.2) is 14.4 Å². The average Bonchev–Trinajstić information content (AvgIpc) is 0.847. The number of hydrogen-bond donors (Lipinski definition) is 1. The number of phenols is 1. The summed E-state index contributed by atoms with van der Waals surface area (Å²) >= 11 is 0. The quantitative estimate of drug-likeness (QED) is 0.0383. The smallest absolute Gasteiger partial charge is 0.508 e. The molecule has 0 bridgehead atoms. The van der Waals surface area contributed by atoms with Crippen molar-refractivity contribution in [3.63, 3.8) is 0 Å². The molecule has 3 aromatic carbocycles. The van der Waals surface area contributed by atoms with E-state index in [1.54, 1.807) is 18.2 Å². The summed E-state index contributed by atoms with van der Waals surface area (Å²) in [5.74, 6) is -0.585. The Morgan fingerprint density at radius 2 is 0.616 bits per heavy atom. The predicted molar refractivity (Wildman–Crippen MR) is 248 cm³/mol. The van der Waals surface area contributed by atoms with Crippen LogP contribution in [0.25, 0.3) is 0 Å². The molecule has 3 aromatic rings. The molecule has 0 fully saturated rings. The van der Waals surface area contributed by atoms with Crippen LogP contribution < -0.4 is 9.47 Å². The molecule has 3 atom stereocenters. The number of alkyl halides is 18. The summed E-state index contributed by atoms with van der Waals surface area (Å²) < 4.78 is 382. The van der Waals surface area contributed by atoms with Crippen LogP contribution in [-0.2, 0) is 84.6 Å². The lowest BCUT2D eigenvalue weighted by Gasteiger charge is -2.33. The number of ether oxygens (including phenoxy) is 6. The number of rotatable bonds is 19. The first kappa shape index (κ1) is 77.7. The van der Waals surface area contributed by atoms with Crippen LogP contribution >= 0.6 is 0 Å². The summed E-state index contributed by atoms with van der Waals surface area (Å²) in [7, 11) is -41.4. The lowest BCUT2D eigenvalue weighted by molar-refractivity contribution is -0.0472. The van der Waals surface area contributed by atoms with Gasteiger partial charge in [0.25, 0.3) is 0 Å². The molecule has 0 aromatic heterocycles. The Hall–Kier alpha value is -6.29. The molecule has 492 valence electrons. The first-order valence-corrected chi connectivity index (χ1v) is 30.2. The molecule has 3 unspecified atom stereocenters. The maximum absolute atomic E-state index is 12.7. The van der Waals surface area contributed by atoms with Crippen molar-refractivity contribution in [1.29, 1.82) is 0 Å². The molecule has 3 rings (SSSR count). The van der Waals surface area contributed by atoms with Crippen molar-refractivity contribution in [1.82, 2.24) is 0 Å². The van der Waals surface area contributed by atoms with E-state index >= 15 is 0 Å². The Bertz CT molecular complexity index is 3340. The third-order valence-corrected chi connectivity index (χ3v) is 21.3. The van der Waals surface area contributed by atoms with Gasteiger partial charge in [-0.2, -0.15) is 79.0 Å². The third-order valence-electron chi connectivity index (χ3n) is 9.06. The van der Waals surface area contributed by atoms with E-state index in [9.17, 15) is 144 Å². The van der Waals surface area contributed by atoms with Gasteiger partial charge in [0, 0.05) is 0 Å². The van der Waals surface area contributed by atoms with Crippen molar-refractivity contribution in [2.24, 2.45) is 0 Å². The summed E-state index contributed by atoms with van der Waals surface area (Å²) in [5.41, 5.74) is -37.6. The molecule has 1 N–H and O–H groups in total. The minimum absolute atomic E-state index is 0.102. The van der Waals surface area contributed by atoms with E-state index in [4.69, 9.17) is 5.11 Å². The molecule has 0 aliphatic heterocycles. The normalized spacial score (nSPS) is 14.5. The standard InChI is InChI=1S/C14H13F6O7S2.C13H11F6O8S2.C13H11F6O7S2/c1-9(27-12(21)26-8-10-5-3-2-4-6-10)7-11(28(22,23)13(15,16)17)29(24,25)14(18,19)20;1-7(26-11(21)27-9-4-2-8(20)3-5-9)6-10(28(22,23)12(14,15)16)29(24,25)13(17,18)19;1-8(25-11(20)26-9-5-3-2-4-6-9)7-10(27(21,22)12(14,15)16)28(23,24)13(17,18)19/h2-6,9H,7-8H2,1H3;2-5,7,20H,6H2,1H3;2-6,8H,7H2,1H3/q3*-1. The summed E-state index contributed by atoms with van der Waals surface area (Å²) in [5, 5.41) is 9.05. The lowest BCUT2D eigenvalue weighted by Crippen LogP contribution is -2.41. The zero-order chi connectivity index (χ0) is 67.5. The van der Waals surface area contributed by atoms with Gasteiger partial charge in [-0.1, -0.05) is 62.3 Å². The second-order valence-corrected chi connectivity index (χ2v) is 28.3. The SMILES string of the molecule is CC(C[C-](S(=O)(=O)C(F)(F)F)S(=O)(=O)C(F)(F)F)OC(=O)OCc1ccccc1.CC(C[C-](S(=O)(=O)C(F)(F)F)S(=O)(=O)C(F)(F)F)OC(=O)Oc1ccc(O)cc1.CC(C[C-](S(=O)(=O)C(F)(F)F)S(=O)(=O)C(F)(F)F)OC(=O)Oc1ccccc1. The highest BCUT2D eigenvalue weighted by Gasteiger charge is 2.57. The van der Waals surface area contributed by atoms with Gasteiger partial charge in [0.15, 0.2) is 0 Å². The van der Waals surface area contributed by atoms with E-state index in [0.29, 0.717) is 26.3 Å². The Balaban J connectivity index is 0.000000645. The van der Waals surface area contributed by atoms with Crippen LogP contribution in [0.3, 0.4) is 0 Å².